The number of thiophene rings is 1. The molecule has 3 heterocycles. The number of nitrogens with zero attached hydrogens (tertiary/aromatic N) is 1. The van der Waals surface area contributed by atoms with Crippen molar-refractivity contribution in [2.75, 3.05) is 26.2 Å². The number of rotatable bonds is 2. The standard InChI is InChI=1S/C14H22N2S.ClH/c1-11-13-5-9-17-14(13)4-8-16(11)10-12-2-6-15-7-3-12;/h5,9,11-12,15H,2-4,6-8,10H2,1H3;1H. The van der Waals surface area contributed by atoms with Crippen LogP contribution in [-0.4, -0.2) is 31.1 Å². The van der Waals surface area contributed by atoms with Crippen molar-refractivity contribution in [3.05, 3.63) is 21.9 Å². The fourth-order valence-corrected chi connectivity index (χ4v) is 4.17. The maximum absolute atomic E-state index is 3.46. The molecule has 2 nitrogen and oxygen atoms in total. The van der Waals surface area contributed by atoms with Gasteiger partial charge in [0.15, 0.2) is 0 Å². The van der Waals surface area contributed by atoms with E-state index >= 15 is 0 Å². The Hall–Kier alpha value is -0.0900. The fourth-order valence-electron chi connectivity index (χ4n) is 3.21. The molecule has 0 radical (unpaired) electrons. The largest absolute Gasteiger partial charge is 0.317 e. The maximum Gasteiger partial charge on any atom is 0.0331 e. The molecule has 0 bridgehead atoms. The van der Waals surface area contributed by atoms with E-state index in [0.717, 1.165) is 5.92 Å². The van der Waals surface area contributed by atoms with Crippen molar-refractivity contribution in [1.29, 1.82) is 0 Å². The summed E-state index contributed by atoms with van der Waals surface area (Å²) in [6.45, 7) is 7.38. The monoisotopic (exact) mass is 286 g/mol. The van der Waals surface area contributed by atoms with Gasteiger partial charge in [0.25, 0.3) is 0 Å². The van der Waals surface area contributed by atoms with Crippen molar-refractivity contribution in [2.45, 2.75) is 32.2 Å². The van der Waals surface area contributed by atoms with Crippen molar-refractivity contribution in [1.82, 2.24) is 10.2 Å². The number of halogens is 1. The lowest BCUT2D eigenvalue weighted by atomic mass is 9.94. The molecule has 4 heteroatoms. The van der Waals surface area contributed by atoms with E-state index in [-0.39, 0.29) is 12.4 Å². The number of fused-ring (bicyclic) bond motifs is 1. The van der Waals surface area contributed by atoms with E-state index in [9.17, 15) is 0 Å². The molecule has 0 aliphatic carbocycles. The number of piperidine rings is 1. The van der Waals surface area contributed by atoms with Crippen LogP contribution < -0.4 is 5.32 Å². The summed E-state index contributed by atoms with van der Waals surface area (Å²) < 4.78 is 0. The predicted molar refractivity (Wildman–Crippen MR) is 80.9 cm³/mol. The van der Waals surface area contributed by atoms with Gasteiger partial charge >= 0.3 is 0 Å². The molecule has 2 aliphatic heterocycles. The Morgan fingerprint density at radius 2 is 2.17 bits per heavy atom. The molecule has 1 fully saturated rings. The first kappa shape index (κ1) is 14.3. The normalized spacial score (nSPS) is 25.5. The van der Waals surface area contributed by atoms with Crippen LogP contribution in [0.5, 0.6) is 0 Å². The minimum atomic E-state index is 0. The van der Waals surface area contributed by atoms with E-state index in [2.05, 4.69) is 28.6 Å². The van der Waals surface area contributed by atoms with Crippen LogP contribution >= 0.6 is 23.7 Å². The Balaban J connectivity index is 0.00000120. The van der Waals surface area contributed by atoms with E-state index in [4.69, 9.17) is 0 Å². The zero-order chi connectivity index (χ0) is 11.7. The topological polar surface area (TPSA) is 15.3 Å². The lowest BCUT2D eigenvalue weighted by molar-refractivity contribution is 0.153. The van der Waals surface area contributed by atoms with Crippen LogP contribution in [0.15, 0.2) is 11.4 Å². The van der Waals surface area contributed by atoms with Gasteiger partial charge in [-0.15, -0.1) is 23.7 Å². The van der Waals surface area contributed by atoms with Crippen molar-refractivity contribution in [3.63, 3.8) is 0 Å². The molecule has 1 unspecified atom stereocenters. The Bertz CT molecular complexity index is 374. The highest BCUT2D eigenvalue weighted by Gasteiger charge is 2.26. The second kappa shape index (κ2) is 6.38. The van der Waals surface area contributed by atoms with Gasteiger partial charge in [0.05, 0.1) is 0 Å². The summed E-state index contributed by atoms with van der Waals surface area (Å²) in [5, 5.41) is 5.72. The van der Waals surface area contributed by atoms with Gasteiger partial charge in [-0.25, -0.2) is 0 Å². The third kappa shape index (κ3) is 2.90. The number of hydrogen-bond donors (Lipinski definition) is 1. The quantitative estimate of drug-likeness (QED) is 0.899. The van der Waals surface area contributed by atoms with E-state index in [0.29, 0.717) is 6.04 Å². The van der Waals surface area contributed by atoms with Crippen LogP contribution in [0.25, 0.3) is 0 Å². The summed E-state index contributed by atoms with van der Waals surface area (Å²) in [5.41, 5.74) is 1.59. The first-order chi connectivity index (χ1) is 8.34. The van der Waals surface area contributed by atoms with Crippen LogP contribution in [0.4, 0.5) is 0 Å². The van der Waals surface area contributed by atoms with Crippen LogP contribution in [0.2, 0.25) is 0 Å². The SMILES string of the molecule is CC1c2ccsc2CCN1CC1CCNCC1.Cl. The smallest absolute Gasteiger partial charge is 0.0331 e. The summed E-state index contributed by atoms with van der Waals surface area (Å²) in [7, 11) is 0. The van der Waals surface area contributed by atoms with E-state index in [1.165, 1.54) is 45.4 Å². The van der Waals surface area contributed by atoms with Crippen molar-refractivity contribution < 1.29 is 0 Å². The highest BCUT2D eigenvalue weighted by Crippen LogP contribution is 2.33. The third-order valence-corrected chi connectivity index (χ3v) is 5.35. The molecule has 18 heavy (non-hydrogen) atoms. The molecule has 0 aromatic carbocycles. The fraction of sp³-hybridized carbons (Fsp3) is 0.714. The van der Waals surface area contributed by atoms with Crippen molar-refractivity contribution in [2.24, 2.45) is 5.92 Å². The molecule has 1 atom stereocenters. The Morgan fingerprint density at radius 1 is 1.39 bits per heavy atom. The predicted octanol–water partition coefficient (Wildman–Crippen LogP) is 3.09. The highest BCUT2D eigenvalue weighted by molar-refractivity contribution is 7.10. The molecule has 1 aromatic heterocycles. The molecule has 0 saturated carbocycles. The third-order valence-electron chi connectivity index (χ3n) is 4.36. The van der Waals surface area contributed by atoms with Crippen molar-refractivity contribution >= 4 is 23.7 Å². The Kier molecular flexibility index (Phi) is 5.07. The summed E-state index contributed by atoms with van der Waals surface area (Å²) in [6.07, 6.45) is 3.99. The van der Waals surface area contributed by atoms with Gasteiger partial charge < -0.3 is 5.32 Å². The molecule has 1 N–H and O–H groups in total. The lowest BCUT2D eigenvalue weighted by Gasteiger charge is -2.37. The summed E-state index contributed by atoms with van der Waals surface area (Å²) in [5.74, 6) is 0.916. The van der Waals surface area contributed by atoms with Gasteiger partial charge in [0.1, 0.15) is 0 Å². The first-order valence-corrected chi connectivity index (χ1v) is 7.73. The van der Waals surface area contributed by atoms with Gasteiger partial charge in [-0.1, -0.05) is 0 Å². The molecular weight excluding hydrogens is 264 g/mol. The van der Waals surface area contributed by atoms with Gasteiger partial charge in [-0.3, -0.25) is 4.90 Å². The molecule has 1 saturated heterocycles. The summed E-state index contributed by atoms with van der Waals surface area (Å²) >= 11 is 1.94. The van der Waals surface area contributed by atoms with E-state index in [1.54, 1.807) is 10.4 Å². The second-order valence-corrected chi connectivity index (χ2v) is 6.41. The van der Waals surface area contributed by atoms with Gasteiger partial charge in [0, 0.05) is 24.0 Å². The molecule has 102 valence electrons. The average molecular weight is 287 g/mol. The molecule has 3 rings (SSSR count). The maximum atomic E-state index is 3.46. The second-order valence-electron chi connectivity index (χ2n) is 5.41. The zero-order valence-corrected chi connectivity index (χ0v) is 12.7. The van der Waals surface area contributed by atoms with E-state index < -0.39 is 0 Å². The number of hydrogen-bond acceptors (Lipinski definition) is 3. The molecule has 0 amide bonds. The molecule has 1 aromatic rings. The number of nitrogens with one attached hydrogen (secondary N) is 1. The van der Waals surface area contributed by atoms with Gasteiger partial charge in [-0.2, -0.15) is 0 Å². The van der Waals surface area contributed by atoms with Crippen LogP contribution in [0, 0.1) is 5.92 Å². The summed E-state index contributed by atoms with van der Waals surface area (Å²) in [6, 6.07) is 2.97. The minimum absolute atomic E-state index is 0. The lowest BCUT2D eigenvalue weighted by Crippen LogP contribution is -2.40. The van der Waals surface area contributed by atoms with Crippen LogP contribution in [0.1, 0.15) is 36.2 Å². The minimum Gasteiger partial charge on any atom is -0.317 e. The van der Waals surface area contributed by atoms with E-state index in [1.807, 2.05) is 11.3 Å². The zero-order valence-electron chi connectivity index (χ0n) is 11.0. The van der Waals surface area contributed by atoms with Crippen LogP contribution in [0.3, 0.4) is 0 Å². The summed E-state index contributed by atoms with van der Waals surface area (Å²) in [4.78, 5) is 4.32. The highest BCUT2D eigenvalue weighted by atomic mass is 35.5. The first-order valence-electron chi connectivity index (χ1n) is 6.85. The average Bonchev–Trinajstić information content (AvgIpc) is 2.83. The molecule has 0 spiro atoms. The van der Waals surface area contributed by atoms with Crippen LogP contribution in [-0.2, 0) is 6.42 Å². The molecule has 2 aliphatic rings. The van der Waals surface area contributed by atoms with Gasteiger partial charge in [0.2, 0.25) is 0 Å². The molecular formula is C14H23ClN2S. The van der Waals surface area contributed by atoms with Crippen molar-refractivity contribution in [3.8, 4) is 0 Å². The Labute approximate surface area is 120 Å². The Morgan fingerprint density at radius 3 is 2.94 bits per heavy atom. The van der Waals surface area contributed by atoms with Gasteiger partial charge in [-0.05, 0) is 62.2 Å².